The van der Waals surface area contributed by atoms with Gasteiger partial charge in [-0.3, -0.25) is 4.68 Å². The first-order chi connectivity index (χ1) is 8.22. The third kappa shape index (κ3) is 6.41. The van der Waals surface area contributed by atoms with Gasteiger partial charge in [-0.2, -0.15) is 5.10 Å². The van der Waals surface area contributed by atoms with Crippen molar-refractivity contribution < 1.29 is 0 Å². The largest absolute Gasteiger partial charge is 0.308 e. The van der Waals surface area contributed by atoms with Gasteiger partial charge in [0.15, 0.2) is 5.82 Å². The highest BCUT2D eigenvalue weighted by atomic mass is 15.3. The zero-order chi connectivity index (χ0) is 12.5. The Morgan fingerprint density at radius 2 is 2.00 bits per heavy atom. The van der Waals surface area contributed by atoms with Gasteiger partial charge < -0.3 is 5.32 Å². The summed E-state index contributed by atoms with van der Waals surface area (Å²) in [5.41, 5.74) is 0. The molecule has 0 fully saturated rings. The second-order valence-corrected chi connectivity index (χ2v) is 4.87. The molecule has 0 saturated carbocycles. The van der Waals surface area contributed by atoms with Crippen LogP contribution < -0.4 is 5.32 Å². The highest BCUT2D eigenvalue weighted by Gasteiger charge is 2.01. The summed E-state index contributed by atoms with van der Waals surface area (Å²) in [4.78, 5) is 4.29. The van der Waals surface area contributed by atoms with Crippen LogP contribution in [0.2, 0.25) is 0 Å². The normalized spacial score (nSPS) is 11.3. The molecule has 1 N–H and O–H groups in total. The van der Waals surface area contributed by atoms with Gasteiger partial charge in [-0.15, -0.1) is 0 Å². The summed E-state index contributed by atoms with van der Waals surface area (Å²) >= 11 is 0. The van der Waals surface area contributed by atoms with Crippen molar-refractivity contribution in [1.29, 1.82) is 0 Å². The summed E-state index contributed by atoms with van der Waals surface area (Å²) in [5, 5.41) is 7.76. The van der Waals surface area contributed by atoms with Crippen LogP contribution in [0.25, 0.3) is 0 Å². The Morgan fingerprint density at radius 3 is 2.71 bits per heavy atom. The van der Waals surface area contributed by atoms with E-state index in [1.165, 1.54) is 32.1 Å². The predicted octanol–water partition coefficient (Wildman–Crippen LogP) is 2.75. The van der Waals surface area contributed by atoms with Gasteiger partial charge in [-0.25, -0.2) is 4.98 Å². The van der Waals surface area contributed by atoms with Crippen LogP contribution in [0.5, 0.6) is 0 Å². The molecule has 1 aromatic heterocycles. The number of nitrogens with zero attached hydrogens (tertiary/aromatic N) is 3. The third-order valence-corrected chi connectivity index (χ3v) is 2.74. The van der Waals surface area contributed by atoms with Gasteiger partial charge in [0.1, 0.15) is 6.33 Å². The minimum atomic E-state index is 0.482. The number of hydrogen-bond donors (Lipinski definition) is 1. The highest BCUT2D eigenvalue weighted by molar-refractivity contribution is 4.81. The number of unbranched alkanes of at least 4 members (excludes halogenated alkanes) is 4. The van der Waals surface area contributed by atoms with E-state index in [1.807, 2.05) is 11.0 Å². The number of rotatable bonds is 9. The van der Waals surface area contributed by atoms with Gasteiger partial charge in [0.25, 0.3) is 0 Å². The lowest BCUT2D eigenvalue weighted by Gasteiger charge is -2.04. The summed E-state index contributed by atoms with van der Waals surface area (Å²) < 4.78 is 1.96. The molecule has 0 spiro atoms. The Kier molecular flexibility index (Phi) is 6.86. The summed E-state index contributed by atoms with van der Waals surface area (Å²) in [7, 11) is 0. The molecule has 4 heteroatoms. The maximum Gasteiger partial charge on any atom is 0.164 e. The number of aryl methyl sites for hydroxylation is 1. The van der Waals surface area contributed by atoms with Gasteiger partial charge in [-0.05, 0) is 6.42 Å². The second kappa shape index (κ2) is 8.23. The molecule has 17 heavy (non-hydrogen) atoms. The first-order valence-corrected chi connectivity index (χ1v) is 6.84. The fraction of sp³-hybridized carbons (Fsp3) is 0.846. The Labute approximate surface area is 105 Å². The van der Waals surface area contributed by atoms with Crippen molar-refractivity contribution in [2.75, 3.05) is 0 Å². The van der Waals surface area contributed by atoms with E-state index >= 15 is 0 Å². The molecule has 0 bridgehead atoms. The second-order valence-electron chi connectivity index (χ2n) is 4.87. The lowest BCUT2D eigenvalue weighted by Crippen LogP contribution is -2.22. The van der Waals surface area contributed by atoms with E-state index < -0.39 is 0 Å². The molecule has 0 atom stereocenters. The molecule has 0 aliphatic carbocycles. The topological polar surface area (TPSA) is 42.7 Å². The molecule has 1 aromatic rings. The van der Waals surface area contributed by atoms with Crippen LogP contribution in [0.15, 0.2) is 6.33 Å². The number of hydrogen-bond acceptors (Lipinski definition) is 3. The molecular weight excluding hydrogens is 212 g/mol. The zero-order valence-corrected chi connectivity index (χ0v) is 11.4. The minimum Gasteiger partial charge on any atom is -0.308 e. The van der Waals surface area contributed by atoms with E-state index in [1.54, 1.807) is 0 Å². The molecule has 1 heterocycles. The predicted molar refractivity (Wildman–Crippen MR) is 70.8 cm³/mol. The van der Waals surface area contributed by atoms with Crippen molar-refractivity contribution in [3.63, 3.8) is 0 Å². The lowest BCUT2D eigenvalue weighted by molar-refractivity contribution is 0.520. The first kappa shape index (κ1) is 14.2. The Bertz CT molecular complexity index is 293. The quantitative estimate of drug-likeness (QED) is 0.673. The van der Waals surface area contributed by atoms with Crippen LogP contribution in [0.1, 0.15) is 58.7 Å². The van der Waals surface area contributed by atoms with E-state index in [0.717, 1.165) is 18.9 Å². The Balaban J connectivity index is 2.17. The average molecular weight is 238 g/mol. The SMILES string of the molecule is CCCCCCCn1cnc(CNC(C)C)n1. The van der Waals surface area contributed by atoms with Gasteiger partial charge in [0.2, 0.25) is 0 Å². The summed E-state index contributed by atoms with van der Waals surface area (Å²) in [6.07, 6.45) is 8.34. The molecule has 0 saturated heterocycles. The van der Waals surface area contributed by atoms with Gasteiger partial charge in [0.05, 0.1) is 6.54 Å². The highest BCUT2D eigenvalue weighted by Crippen LogP contribution is 2.03. The van der Waals surface area contributed by atoms with Crippen LogP contribution in [0.3, 0.4) is 0 Å². The molecule has 0 radical (unpaired) electrons. The lowest BCUT2D eigenvalue weighted by atomic mass is 10.1. The molecule has 0 unspecified atom stereocenters. The monoisotopic (exact) mass is 238 g/mol. The average Bonchev–Trinajstić information content (AvgIpc) is 2.74. The molecule has 0 aliphatic rings. The molecule has 98 valence electrons. The van der Waals surface area contributed by atoms with Gasteiger partial charge >= 0.3 is 0 Å². The van der Waals surface area contributed by atoms with E-state index in [-0.39, 0.29) is 0 Å². The standard InChI is InChI=1S/C13H26N4/c1-4-5-6-7-8-9-17-11-15-13(16-17)10-14-12(2)3/h11-12,14H,4-10H2,1-3H3. The van der Waals surface area contributed by atoms with E-state index in [2.05, 4.69) is 36.2 Å². The molecule has 0 aliphatic heterocycles. The van der Waals surface area contributed by atoms with Crippen LogP contribution in [0.4, 0.5) is 0 Å². The minimum absolute atomic E-state index is 0.482. The van der Waals surface area contributed by atoms with Crippen LogP contribution in [-0.4, -0.2) is 20.8 Å². The van der Waals surface area contributed by atoms with E-state index in [4.69, 9.17) is 0 Å². The van der Waals surface area contributed by atoms with Crippen LogP contribution in [-0.2, 0) is 13.1 Å². The van der Waals surface area contributed by atoms with E-state index in [9.17, 15) is 0 Å². The maximum absolute atomic E-state index is 4.44. The first-order valence-electron chi connectivity index (χ1n) is 6.84. The third-order valence-electron chi connectivity index (χ3n) is 2.74. The molecule has 4 nitrogen and oxygen atoms in total. The molecule has 0 aromatic carbocycles. The maximum atomic E-state index is 4.44. The van der Waals surface area contributed by atoms with Crippen molar-refractivity contribution in [2.45, 2.75) is 72.0 Å². The number of nitrogens with one attached hydrogen (secondary N) is 1. The molecular formula is C13H26N4. The number of aromatic nitrogens is 3. The zero-order valence-electron chi connectivity index (χ0n) is 11.4. The van der Waals surface area contributed by atoms with Crippen molar-refractivity contribution in [3.05, 3.63) is 12.2 Å². The van der Waals surface area contributed by atoms with Crippen molar-refractivity contribution >= 4 is 0 Å². The smallest absolute Gasteiger partial charge is 0.164 e. The van der Waals surface area contributed by atoms with Crippen LogP contribution >= 0.6 is 0 Å². The van der Waals surface area contributed by atoms with Crippen molar-refractivity contribution in [1.82, 2.24) is 20.1 Å². The summed E-state index contributed by atoms with van der Waals surface area (Å²) in [6, 6.07) is 0.482. The molecule has 0 amide bonds. The van der Waals surface area contributed by atoms with Crippen LogP contribution in [0, 0.1) is 0 Å². The Hall–Kier alpha value is -0.900. The Morgan fingerprint density at radius 1 is 1.24 bits per heavy atom. The van der Waals surface area contributed by atoms with Crippen molar-refractivity contribution in [2.24, 2.45) is 0 Å². The van der Waals surface area contributed by atoms with Crippen molar-refractivity contribution in [3.8, 4) is 0 Å². The summed E-state index contributed by atoms with van der Waals surface area (Å²) in [6.45, 7) is 8.26. The van der Waals surface area contributed by atoms with Gasteiger partial charge in [0, 0.05) is 12.6 Å². The fourth-order valence-corrected chi connectivity index (χ4v) is 1.69. The van der Waals surface area contributed by atoms with E-state index in [0.29, 0.717) is 6.04 Å². The van der Waals surface area contributed by atoms with Gasteiger partial charge in [-0.1, -0.05) is 46.5 Å². The fourth-order valence-electron chi connectivity index (χ4n) is 1.69. The molecule has 1 rings (SSSR count). The summed E-state index contributed by atoms with van der Waals surface area (Å²) in [5.74, 6) is 0.896.